The Labute approximate surface area is 152 Å². The van der Waals surface area contributed by atoms with E-state index in [1.165, 1.54) is 12.3 Å². The molecule has 1 atom stereocenters. The van der Waals surface area contributed by atoms with Crippen LogP contribution in [0.25, 0.3) is 10.9 Å². The first-order chi connectivity index (χ1) is 12.0. The maximum Gasteiger partial charge on any atom is 0.310 e. The summed E-state index contributed by atoms with van der Waals surface area (Å²) < 4.78 is 0. The third-order valence-electron chi connectivity index (χ3n) is 3.86. The first-order valence-electron chi connectivity index (χ1n) is 7.58. The van der Waals surface area contributed by atoms with Gasteiger partial charge in [0.1, 0.15) is 0 Å². The van der Waals surface area contributed by atoms with E-state index in [2.05, 4.69) is 21.0 Å². The fourth-order valence-electron chi connectivity index (χ4n) is 2.60. The zero-order valence-electron chi connectivity index (χ0n) is 12.9. The number of amides is 2. The van der Waals surface area contributed by atoms with Crippen molar-refractivity contribution in [2.24, 2.45) is 0 Å². The molecule has 0 bridgehead atoms. The van der Waals surface area contributed by atoms with Gasteiger partial charge >= 0.3 is 5.91 Å². The van der Waals surface area contributed by atoms with E-state index >= 15 is 0 Å². The van der Waals surface area contributed by atoms with Gasteiger partial charge in [0.05, 0.1) is 22.1 Å². The molecule has 3 N–H and O–H groups in total. The molecule has 1 heterocycles. The molecular weight excluding hydrogens is 367 g/mol. The standard InChI is InChI=1S/C16H14Cl2N4O3/c17-11-3-1-2-8(5-11)14(23)16(25)22-21-15(24)9-4-10-7-19-20-13(10)12(18)6-9/h4-7,11H,1-3H2,(H,19,20)(H,21,24)(H,22,25). The SMILES string of the molecule is O=C(NNC(=O)c1cc(Cl)c2[nH]ncc2c1)C(=O)C1=CC(Cl)CCC1. The average Bonchev–Trinajstić information content (AvgIpc) is 3.07. The number of rotatable bonds is 3. The Balaban J connectivity index is 1.64. The molecule has 1 aliphatic rings. The van der Waals surface area contributed by atoms with E-state index in [0.29, 0.717) is 27.9 Å². The van der Waals surface area contributed by atoms with Crippen LogP contribution in [0.3, 0.4) is 0 Å². The number of alkyl halides is 1. The Kier molecular flexibility index (Phi) is 5.06. The number of aromatic amines is 1. The van der Waals surface area contributed by atoms with Crippen LogP contribution in [0.2, 0.25) is 5.02 Å². The molecule has 3 rings (SSSR count). The number of benzene rings is 1. The number of carbonyl (C=O) groups is 3. The van der Waals surface area contributed by atoms with Gasteiger partial charge in [0, 0.05) is 16.5 Å². The normalized spacial score (nSPS) is 17.0. The number of nitrogens with zero attached hydrogens (tertiary/aromatic N) is 1. The molecule has 0 saturated heterocycles. The van der Waals surface area contributed by atoms with Crippen molar-refractivity contribution >= 4 is 51.7 Å². The number of hydrazine groups is 1. The molecule has 0 radical (unpaired) electrons. The van der Waals surface area contributed by atoms with Crippen molar-refractivity contribution in [3.8, 4) is 0 Å². The molecule has 2 aromatic rings. The zero-order valence-corrected chi connectivity index (χ0v) is 14.4. The maximum atomic E-state index is 12.2. The molecule has 1 unspecified atom stereocenters. The highest BCUT2D eigenvalue weighted by atomic mass is 35.5. The number of H-pyrrole nitrogens is 1. The second-order valence-corrected chi connectivity index (χ2v) is 6.60. The Morgan fingerprint density at radius 1 is 1.24 bits per heavy atom. The summed E-state index contributed by atoms with van der Waals surface area (Å²) in [5.41, 5.74) is 5.52. The molecule has 0 spiro atoms. The Bertz CT molecular complexity index is 891. The number of halogens is 2. The van der Waals surface area contributed by atoms with E-state index in [4.69, 9.17) is 23.2 Å². The van der Waals surface area contributed by atoms with Crippen LogP contribution in [-0.2, 0) is 9.59 Å². The fourth-order valence-corrected chi connectivity index (χ4v) is 3.17. The lowest BCUT2D eigenvalue weighted by Crippen LogP contribution is -2.45. The lowest BCUT2D eigenvalue weighted by Gasteiger charge is -2.15. The van der Waals surface area contributed by atoms with E-state index in [-0.39, 0.29) is 10.9 Å². The van der Waals surface area contributed by atoms with Gasteiger partial charge in [0.25, 0.3) is 5.91 Å². The quantitative estimate of drug-likeness (QED) is 0.431. The number of carbonyl (C=O) groups excluding carboxylic acids is 3. The van der Waals surface area contributed by atoms with Gasteiger partial charge in [-0.15, -0.1) is 11.6 Å². The molecule has 1 aromatic heterocycles. The van der Waals surface area contributed by atoms with E-state index < -0.39 is 17.6 Å². The van der Waals surface area contributed by atoms with E-state index in [9.17, 15) is 14.4 Å². The van der Waals surface area contributed by atoms with Gasteiger partial charge < -0.3 is 0 Å². The number of fused-ring (bicyclic) bond motifs is 1. The summed E-state index contributed by atoms with van der Waals surface area (Å²) in [4.78, 5) is 36.1. The minimum Gasteiger partial charge on any atom is -0.283 e. The van der Waals surface area contributed by atoms with Gasteiger partial charge in [-0.25, -0.2) is 0 Å². The van der Waals surface area contributed by atoms with Crippen LogP contribution in [0.4, 0.5) is 0 Å². The fraction of sp³-hybridized carbons (Fsp3) is 0.250. The van der Waals surface area contributed by atoms with E-state index in [0.717, 1.165) is 12.8 Å². The topological polar surface area (TPSA) is 104 Å². The molecule has 2 amide bonds. The summed E-state index contributed by atoms with van der Waals surface area (Å²) in [5.74, 6) is -2.21. The van der Waals surface area contributed by atoms with Gasteiger partial charge in [-0.3, -0.25) is 30.3 Å². The minimum atomic E-state index is -0.916. The van der Waals surface area contributed by atoms with Crippen LogP contribution in [-0.4, -0.2) is 33.2 Å². The molecule has 1 aliphatic carbocycles. The Hall–Kier alpha value is -2.38. The highest BCUT2D eigenvalue weighted by molar-refractivity contribution is 6.43. The van der Waals surface area contributed by atoms with Crippen molar-refractivity contribution in [2.75, 3.05) is 0 Å². The smallest absolute Gasteiger partial charge is 0.283 e. The van der Waals surface area contributed by atoms with Crippen LogP contribution < -0.4 is 10.9 Å². The predicted molar refractivity (Wildman–Crippen MR) is 93.3 cm³/mol. The number of hydrogen-bond acceptors (Lipinski definition) is 4. The number of hydrogen-bond donors (Lipinski definition) is 3. The maximum absolute atomic E-state index is 12.2. The molecule has 0 fully saturated rings. The molecular formula is C16H14Cl2N4O3. The number of aromatic nitrogens is 2. The van der Waals surface area contributed by atoms with Crippen LogP contribution >= 0.6 is 23.2 Å². The third kappa shape index (κ3) is 3.83. The molecule has 7 nitrogen and oxygen atoms in total. The first kappa shape index (κ1) is 17.4. The van der Waals surface area contributed by atoms with Crippen LogP contribution in [0.5, 0.6) is 0 Å². The van der Waals surface area contributed by atoms with Crippen LogP contribution in [0.1, 0.15) is 29.6 Å². The minimum absolute atomic E-state index is 0.226. The second-order valence-electron chi connectivity index (χ2n) is 5.63. The molecule has 130 valence electrons. The van der Waals surface area contributed by atoms with E-state index in [1.54, 1.807) is 12.1 Å². The zero-order chi connectivity index (χ0) is 18.0. The van der Waals surface area contributed by atoms with Crippen molar-refractivity contribution in [1.29, 1.82) is 0 Å². The summed E-state index contributed by atoms with van der Waals surface area (Å²) in [6.45, 7) is 0. The van der Waals surface area contributed by atoms with Gasteiger partial charge in [-0.2, -0.15) is 5.10 Å². The van der Waals surface area contributed by atoms with Crippen molar-refractivity contribution < 1.29 is 14.4 Å². The Morgan fingerprint density at radius 3 is 2.80 bits per heavy atom. The van der Waals surface area contributed by atoms with Crippen molar-refractivity contribution in [3.63, 3.8) is 0 Å². The van der Waals surface area contributed by atoms with Crippen molar-refractivity contribution in [3.05, 3.63) is 40.6 Å². The largest absolute Gasteiger partial charge is 0.310 e. The van der Waals surface area contributed by atoms with Crippen molar-refractivity contribution in [1.82, 2.24) is 21.0 Å². The lowest BCUT2D eigenvalue weighted by atomic mass is 9.96. The third-order valence-corrected chi connectivity index (χ3v) is 4.50. The summed E-state index contributed by atoms with van der Waals surface area (Å²) in [5, 5.41) is 7.28. The van der Waals surface area contributed by atoms with Gasteiger partial charge in [-0.1, -0.05) is 17.7 Å². The molecule has 25 heavy (non-hydrogen) atoms. The monoisotopic (exact) mass is 380 g/mol. The molecule has 0 aliphatic heterocycles. The number of ketones is 1. The lowest BCUT2D eigenvalue weighted by molar-refractivity contribution is -0.136. The van der Waals surface area contributed by atoms with Gasteiger partial charge in [0.15, 0.2) is 0 Å². The van der Waals surface area contributed by atoms with Crippen LogP contribution in [0, 0.1) is 0 Å². The molecule has 1 aromatic carbocycles. The molecule has 9 heteroatoms. The number of nitrogens with one attached hydrogen (secondary N) is 3. The first-order valence-corrected chi connectivity index (χ1v) is 8.39. The predicted octanol–water partition coefficient (Wildman–Crippen LogP) is 2.26. The highest BCUT2D eigenvalue weighted by Crippen LogP contribution is 2.23. The summed E-state index contributed by atoms with van der Waals surface area (Å²) in [6, 6.07) is 3.00. The number of Topliss-reactive ketones (excluding diaryl/α,β-unsaturated/α-hetero) is 1. The van der Waals surface area contributed by atoms with Crippen molar-refractivity contribution in [2.45, 2.75) is 24.6 Å². The highest BCUT2D eigenvalue weighted by Gasteiger charge is 2.23. The van der Waals surface area contributed by atoms with Crippen LogP contribution in [0.15, 0.2) is 30.0 Å². The summed E-state index contributed by atoms with van der Waals surface area (Å²) in [7, 11) is 0. The van der Waals surface area contributed by atoms with E-state index in [1.807, 2.05) is 0 Å². The van der Waals surface area contributed by atoms with Gasteiger partial charge in [0.2, 0.25) is 5.78 Å². The summed E-state index contributed by atoms with van der Waals surface area (Å²) >= 11 is 12.0. The van der Waals surface area contributed by atoms with Gasteiger partial charge in [-0.05, 0) is 31.4 Å². The Morgan fingerprint density at radius 2 is 2.04 bits per heavy atom. The number of allylic oxidation sites excluding steroid dienone is 1. The average molecular weight is 381 g/mol. The molecule has 0 saturated carbocycles. The summed E-state index contributed by atoms with van der Waals surface area (Å²) in [6.07, 6.45) is 5.12. The second kappa shape index (κ2) is 7.25.